The van der Waals surface area contributed by atoms with Crippen LogP contribution in [0.4, 0.5) is 4.39 Å². The Hall–Kier alpha value is -2.15. The number of hydrogen-bond acceptors (Lipinski definition) is 0. The number of hydrogen-bond donors (Lipinski definition) is 0. The van der Waals surface area contributed by atoms with Gasteiger partial charge in [0.15, 0.2) is 0 Å². The lowest BCUT2D eigenvalue weighted by atomic mass is 9.96. The van der Waals surface area contributed by atoms with Gasteiger partial charge in [0.2, 0.25) is 0 Å². The maximum absolute atomic E-state index is 13.0. The SMILES string of the molecule is C=C/C=C\CCCc1ccc(-c2ccc(F)cc2)c(C)c1. The predicted octanol–water partition coefficient (Wildman–Crippen LogP) is 5.87. The van der Waals surface area contributed by atoms with Gasteiger partial charge in [-0.1, -0.05) is 55.1 Å². The van der Waals surface area contributed by atoms with Crippen molar-refractivity contribution in [2.24, 2.45) is 0 Å². The molecule has 0 heterocycles. The molecule has 0 atom stereocenters. The Balaban J connectivity index is 2.05. The Labute approximate surface area is 126 Å². The maximum atomic E-state index is 13.0. The molecule has 0 aliphatic carbocycles. The Morgan fingerprint density at radius 1 is 1.10 bits per heavy atom. The van der Waals surface area contributed by atoms with E-state index in [2.05, 4.69) is 37.8 Å². The van der Waals surface area contributed by atoms with Gasteiger partial charge in [-0.25, -0.2) is 4.39 Å². The van der Waals surface area contributed by atoms with Crippen molar-refractivity contribution in [1.82, 2.24) is 0 Å². The highest BCUT2D eigenvalue weighted by atomic mass is 19.1. The van der Waals surface area contributed by atoms with Gasteiger partial charge >= 0.3 is 0 Å². The summed E-state index contributed by atoms with van der Waals surface area (Å²) in [6.45, 7) is 5.77. The third-order valence-electron chi connectivity index (χ3n) is 3.55. The minimum Gasteiger partial charge on any atom is -0.207 e. The largest absolute Gasteiger partial charge is 0.207 e. The van der Waals surface area contributed by atoms with Crippen LogP contribution in [-0.2, 0) is 6.42 Å². The van der Waals surface area contributed by atoms with Gasteiger partial charge in [0, 0.05) is 0 Å². The Kier molecular flexibility index (Phi) is 5.51. The van der Waals surface area contributed by atoms with E-state index >= 15 is 0 Å². The molecule has 0 aliphatic heterocycles. The van der Waals surface area contributed by atoms with E-state index < -0.39 is 0 Å². The first-order valence-electron chi connectivity index (χ1n) is 7.34. The molecule has 0 aromatic heterocycles. The second kappa shape index (κ2) is 7.58. The first-order chi connectivity index (χ1) is 10.2. The van der Waals surface area contributed by atoms with Crippen LogP contribution in [0, 0.1) is 12.7 Å². The van der Waals surface area contributed by atoms with Crippen LogP contribution in [-0.4, -0.2) is 0 Å². The molecule has 2 aromatic rings. The zero-order valence-corrected chi connectivity index (χ0v) is 12.5. The van der Waals surface area contributed by atoms with Gasteiger partial charge < -0.3 is 0 Å². The lowest BCUT2D eigenvalue weighted by Crippen LogP contribution is -1.89. The molecule has 2 rings (SSSR count). The number of unbranched alkanes of at least 4 members (excludes halogenated alkanes) is 1. The monoisotopic (exact) mass is 280 g/mol. The van der Waals surface area contributed by atoms with E-state index in [1.165, 1.54) is 28.8 Å². The van der Waals surface area contributed by atoms with E-state index in [0.717, 1.165) is 24.8 Å². The average molecular weight is 280 g/mol. The van der Waals surface area contributed by atoms with Gasteiger partial charge in [-0.3, -0.25) is 0 Å². The summed E-state index contributed by atoms with van der Waals surface area (Å²) < 4.78 is 13.0. The molecule has 0 bridgehead atoms. The molecule has 0 unspecified atom stereocenters. The van der Waals surface area contributed by atoms with Gasteiger partial charge in [-0.2, -0.15) is 0 Å². The van der Waals surface area contributed by atoms with Crippen LogP contribution in [0.3, 0.4) is 0 Å². The van der Waals surface area contributed by atoms with Gasteiger partial charge in [-0.15, -0.1) is 0 Å². The molecule has 2 aromatic carbocycles. The fourth-order valence-electron chi connectivity index (χ4n) is 2.45. The van der Waals surface area contributed by atoms with Crippen molar-refractivity contribution >= 4 is 0 Å². The second-order valence-electron chi connectivity index (χ2n) is 5.21. The van der Waals surface area contributed by atoms with Crippen LogP contribution in [0.2, 0.25) is 0 Å². The number of rotatable bonds is 6. The average Bonchev–Trinajstić information content (AvgIpc) is 2.48. The molecule has 0 radical (unpaired) electrons. The summed E-state index contributed by atoms with van der Waals surface area (Å²) in [6, 6.07) is 13.2. The first kappa shape index (κ1) is 15.2. The summed E-state index contributed by atoms with van der Waals surface area (Å²) in [5, 5.41) is 0. The Morgan fingerprint density at radius 2 is 1.86 bits per heavy atom. The fourth-order valence-corrected chi connectivity index (χ4v) is 2.45. The minimum atomic E-state index is -0.194. The highest BCUT2D eigenvalue weighted by Gasteiger charge is 2.03. The number of benzene rings is 2. The third-order valence-corrected chi connectivity index (χ3v) is 3.55. The predicted molar refractivity (Wildman–Crippen MR) is 88.8 cm³/mol. The highest BCUT2D eigenvalue weighted by Crippen LogP contribution is 2.25. The molecule has 0 saturated heterocycles. The van der Waals surface area contributed by atoms with Crippen LogP contribution >= 0.6 is 0 Å². The topological polar surface area (TPSA) is 0 Å². The van der Waals surface area contributed by atoms with Crippen LogP contribution < -0.4 is 0 Å². The molecule has 0 fully saturated rings. The van der Waals surface area contributed by atoms with Gasteiger partial charge in [0.1, 0.15) is 5.82 Å². The van der Waals surface area contributed by atoms with Crippen molar-refractivity contribution in [3.05, 3.63) is 84.2 Å². The van der Waals surface area contributed by atoms with E-state index in [-0.39, 0.29) is 5.82 Å². The number of halogens is 1. The normalized spacial score (nSPS) is 11.0. The molecule has 0 aliphatic rings. The molecular formula is C20H21F. The summed E-state index contributed by atoms with van der Waals surface area (Å²) in [5.41, 5.74) is 4.82. The third kappa shape index (κ3) is 4.42. The van der Waals surface area contributed by atoms with Crippen LogP contribution in [0.5, 0.6) is 0 Å². The maximum Gasteiger partial charge on any atom is 0.123 e. The second-order valence-corrected chi connectivity index (χ2v) is 5.21. The zero-order chi connectivity index (χ0) is 15.1. The molecule has 0 nitrogen and oxygen atoms in total. The van der Waals surface area contributed by atoms with E-state index in [4.69, 9.17) is 0 Å². The van der Waals surface area contributed by atoms with Gasteiger partial charge in [0.05, 0.1) is 0 Å². The van der Waals surface area contributed by atoms with Gasteiger partial charge in [-0.05, 0) is 60.6 Å². The Morgan fingerprint density at radius 3 is 2.52 bits per heavy atom. The van der Waals surface area contributed by atoms with Crippen molar-refractivity contribution in [2.45, 2.75) is 26.2 Å². The summed E-state index contributed by atoms with van der Waals surface area (Å²) in [4.78, 5) is 0. The molecule has 0 amide bonds. The lowest BCUT2D eigenvalue weighted by molar-refractivity contribution is 0.628. The summed E-state index contributed by atoms with van der Waals surface area (Å²) in [5.74, 6) is -0.194. The number of allylic oxidation sites excluding steroid dienone is 3. The molecule has 0 saturated carbocycles. The van der Waals surface area contributed by atoms with Crippen molar-refractivity contribution < 1.29 is 4.39 Å². The van der Waals surface area contributed by atoms with E-state index in [0.29, 0.717) is 0 Å². The number of aryl methyl sites for hydroxylation is 2. The standard InChI is InChI=1S/C20H21F/c1-3-4-5-6-7-8-17-9-14-20(16(2)15-17)18-10-12-19(21)13-11-18/h3-5,9-15H,1,6-8H2,2H3/b5-4-. The van der Waals surface area contributed by atoms with Crippen molar-refractivity contribution in [3.63, 3.8) is 0 Å². The van der Waals surface area contributed by atoms with Crippen molar-refractivity contribution in [2.75, 3.05) is 0 Å². The summed E-state index contributed by atoms with van der Waals surface area (Å²) >= 11 is 0. The zero-order valence-electron chi connectivity index (χ0n) is 12.5. The Bertz CT molecular complexity index is 621. The van der Waals surface area contributed by atoms with Crippen LogP contribution in [0.25, 0.3) is 11.1 Å². The molecule has 1 heteroatoms. The quantitative estimate of drug-likeness (QED) is 0.459. The molecular weight excluding hydrogens is 259 g/mol. The van der Waals surface area contributed by atoms with Crippen LogP contribution in [0.15, 0.2) is 67.3 Å². The van der Waals surface area contributed by atoms with Crippen LogP contribution in [0.1, 0.15) is 24.0 Å². The fraction of sp³-hybridized carbons (Fsp3) is 0.200. The first-order valence-corrected chi connectivity index (χ1v) is 7.34. The van der Waals surface area contributed by atoms with Crippen molar-refractivity contribution in [1.29, 1.82) is 0 Å². The highest BCUT2D eigenvalue weighted by molar-refractivity contribution is 5.67. The van der Waals surface area contributed by atoms with Crippen molar-refractivity contribution in [3.8, 4) is 11.1 Å². The summed E-state index contributed by atoms with van der Waals surface area (Å²) in [7, 11) is 0. The van der Waals surface area contributed by atoms with E-state index in [9.17, 15) is 4.39 Å². The lowest BCUT2D eigenvalue weighted by Gasteiger charge is -2.09. The summed E-state index contributed by atoms with van der Waals surface area (Å²) in [6.07, 6.45) is 9.23. The molecule has 108 valence electrons. The van der Waals surface area contributed by atoms with E-state index in [1.54, 1.807) is 0 Å². The minimum absolute atomic E-state index is 0.194. The molecule has 0 N–H and O–H groups in total. The smallest absolute Gasteiger partial charge is 0.123 e. The molecule has 0 spiro atoms. The van der Waals surface area contributed by atoms with E-state index in [1.807, 2.05) is 24.3 Å². The van der Waals surface area contributed by atoms with Gasteiger partial charge in [0.25, 0.3) is 0 Å². The molecule has 21 heavy (non-hydrogen) atoms.